The molecule has 8 N–H and O–H groups in total. The van der Waals surface area contributed by atoms with Crippen LogP contribution in [0.4, 0.5) is 0 Å². The molecule has 0 spiro atoms. The Hall–Kier alpha value is -3.51. The topological polar surface area (TPSA) is 208 Å². The number of hydrogen-bond acceptors (Lipinski definition) is 7. The van der Waals surface area contributed by atoms with Crippen molar-refractivity contribution in [2.45, 2.75) is 57.0 Å². The number of carboxylic acids is 2. The lowest BCUT2D eigenvalue weighted by Gasteiger charge is -2.25. The summed E-state index contributed by atoms with van der Waals surface area (Å²) in [6.45, 7) is 2.36. The second kappa shape index (κ2) is 12.4. The molecule has 1 rings (SSSR count). The van der Waals surface area contributed by atoms with E-state index in [9.17, 15) is 29.1 Å². The van der Waals surface area contributed by atoms with E-state index in [1.807, 2.05) is 0 Å². The Kier molecular flexibility index (Phi) is 10.3. The SMILES string of the molecule is CC(NC(=O)C(NC(=O)C(CC(=O)O)NC(=O)C(N)Cc1ccccc1)C(C)O)C(=O)O. The fraction of sp³-hybridized carbons (Fsp3) is 0.450. The Morgan fingerprint density at radius 2 is 1.50 bits per heavy atom. The first-order chi connectivity index (χ1) is 14.9. The highest BCUT2D eigenvalue weighted by molar-refractivity contribution is 5.95. The van der Waals surface area contributed by atoms with Crippen LogP contribution in [0.25, 0.3) is 0 Å². The zero-order chi connectivity index (χ0) is 24.4. The van der Waals surface area contributed by atoms with E-state index in [0.717, 1.165) is 5.56 Å². The van der Waals surface area contributed by atoms with E-state index >= 15 is 0 Å². The zero-order valence-electron chi connectivity index (χ0n) is 17.6. The monoisotopic (exact) mass is 452 g/mol. The number of hydrogen-bond donors (Lipinski definition) is 7. The second-order valence-corrected chi connectivity index (χ2v) is 7.25. The van der Waals surface area contributed by atoms with Crippen molar-refractivity contribution in [3.8, 4) is 0 Å². The normalized spacial score (nSPS) is 15.4. The summed E-state index contributed by atoms with van der Waals surface area (Å²) in [6, 6.07) is 3.24. The van der Waals surface area contributed by atoms with Crippen LogP contribution in [0.5, 0.6) is 0 Å². The lowest BCUT2D eigenvalue weighted by molar-refractivity contribution is -0.143. The molecule has 0 aliphatic carbocycles. The summed E-state index contributed by atoms with van der Waals surface area (Å²) in [7, 11) is 0. The van der Waals surface area contributed by atoms with Crippen LogP contribution in [0.2, 0.25) is 0 Å². The molecule has 1 aromatic rings. The van der Waals surface area contributed by atoms with Gasteiger partial charge in [0.25, 0.3) is 0 Å². The minimum Gasteiger partial charge on any atom is -0.481 e. The number of aliphatic carboxylic acids is 2. The third-order valence-corrected chi connectivity index (χ3v) is 4.44. The predicted molar refractivity (Wildman–Crippen MR) is 111 cm³/mol. The van der Waals surface area contributed by atoms with Crippen LogP contribution in [0, 0.1) is 0 Å². The van der Waals surface area contributed by atoms with Crippen LogP contribution in [-0.4, -0.2) is 75.3 Å². The molecule has 176 valence electrons. The minimum absolute atomic E-state index is 0.139. The molecule has 0 bridgehead atoms. The zero-order valence-corrected chi connectivity index (χ0v) is 17.6. The molecule has 12 nitrogen and oxygen atoms in total. The van der Waals surface area contributed by atoms with Gasteiger partial charge in [-0.15, -0.1) is 0 Å². The van der Waals surface area contributed by atoms with Gasteiger partial charge >= 0.3 is 11.9 Å². The van der Waals surface area contributed by atoms with Gasteiger partial charge in [0.1, 0.15) is 18.1 Å². The Morgan fingerprint density at radius 3 is 2.00 bits per heavy atom. The van der Waals surface area contributed by atoms with Crippen LogP contribution in [0.15, 0.2) is 30.3 Å². The van der Waals surface area contributed by atoms with Gasteiger partial charge in [-0.2, -0.15) is 0 Å². The van der Waals surface area contributed by atoms with Gasteiger partial charge in [-0.3, -0.25) is 24.0 Å². The van der Waals surface area contributed by atoms with E-state index in [2.05, 4.69) is 16.0 Å². The molecule has 0 saturated carbocycles. The molecule has 0 aliphatic heterocycles. The van der Waals surface area contributed by atoms with Crippen molar-refractivity contribution in [1.82, 2.24) is 16.0 Å². The highest BCUT2D eigenvalue weighted by atomic mass is 16.4. The van der Waals surface area contributed by atoms with Crippen LogP contribution in [-0.2, 0) is 30.4 Å². The smallest absolute Gasteiger partial charge is 0.325 e. The van der Waals surface area contributed by atoms with E-state index in [-0.39, 0.29) is 6.42 Å². The number of carboxylic acid groups (broad SMARTS) is 2. The number of benzene rings is 1. The number of nitrogens with one attached hydrogen (secondary N) is 3. The van der Waals surface area contributed by atoms with Crippen molar-refractivity contribution in [2.24, 2.45) is 5.73 Å². The first-order valence-electron chi connectivity index (χ1n) is 9.75. The lowest BCUT2D eigenvalue weighted by atomic mass is 10.0. The van der Waals surface area contributed by atoms with Crippen LogP contribution in [0.3, 0.4) is 0 Å². The van der Waals surface area contributed by atoms with Crippen molar-refractivity contribution in [3.05, 3.63) is 35.9 Å². The number of rotatable bonds is 12. The molecule has 32 heavy (non-hydrogen) atoms. The molecule has 5 unspecified atom stereocenters. The van der Waals surface area contributed by atoms with Gasteiger partial charge in [0.05, 0.1) is 18.6 Å². The number of aliphatic hydroxyl groups is 1. The standard InChI is InChI=1S/C20H28N4O8/c1-10(20(31)32)22-19(30)16(11(2)25)24-18(29)14(9-15(26)27)23-17(28)13(21)8-12-6-4-3-5-7-12/h3-7,10-11,13-14,16,25H,8-9,21H2,1-2H3,(H,22,30)(H,23,28)(H,24,29)(H,26,27)(H,31,32). The van der Waals surface area contributed by atoms with E-state index in [4.69, 9.17) is 15.9 Å². The van der Waals surface area contributed by atoms with Crippen LogP contribution >= 0.6 is 0 Å². The van der Waals surface area contributed by atoms with Gasteiger partial charge < -0.3 is 37.0 Å². The first kappa shape index (κ1) is 26.5. The molecule has 0 fully saturated rings. The number of carbonyl (C=O) groups excluding carboxylic acids is 3. The van der Waals surface area contributed by atoms with E-state index in [0.29, 0.717) is 0 Å². The lowest BCUT2D eigenvalue weighted by Crippen LogP contribution is -2.60. The maximum absolute atomic E-state index is 12.6. The molecule has 12 heteroatoms. The molecule has 1 aromatic carbocycles. The fourth-order valence-corrected chi connectivity index (χ4v) is 2.65. The van der Waals surface area contributed by atoms with Gasteiger partial charge in [-0.25, -0.2) is 0 Å². The van der Waals surface area contributed by atoms with Crippen molar-refractivity contribution in [3.63, 3.8) is 0 Å². The first-order valence-corrected chi connectivity index (χ1v) is 9.75. The van der Waals surface area contributed by atoms with Crippen molar-refractivity contribution >= 4 is 29.7 Å². The Balaban J connectivity index is 2.88. The summed E-state index contributed by atoms with van der Waals surface area (Å²) in [5.74, 6) is -5.58. The molecular formula is C20H28N4O8. The summed E-state index contributed by atoms with van der Waals surface area (Å²) in [6.07, 6.45) is -2.11. The van der Waals surface area contributed by atoms with Crippen molar-refractivity contribution < 1.29 is 39.3 Å². The van der Waals surface area contributed by atoms with Gasteiger partial charge in [0.2, 0.25) is 17.7 Å². The second-order valence-electron chi connectivity index (χ2n) is 7.25. The summed E-state index contributed by atoms with van der Waals surface area (Å²) in [4.78, 5) is 59.3. The van der Waals surface area contributed by atoms with Gasteiger partial charge in [0.15, 0.2) is 0 Å². The largest absolute Gasteiger partial charge is 0.481 e. The molecule has 0 saturated heterocycles. The van der Waals surface area contributed by atoms with Gasteiger partial charge in [-0.05, 0) is 25.8 Å². The molecule has 0 aliphatic rings. The predicted octanol–water partition coefficient (Wildman–Crippen LogP) is -2.03. The number of nitrogens with two attached hydrogens (primary N) is 1. The molecule has 5 atom stereocenters. The summed E-state index contributed by atoms with van der Waals surface area (Å²) in [5, 5.41) is 34.3. The van der Waals surface area contributed by atoms with Crippen molar-refractivity contribution in [2.75, 3.05) is 0 Å². The molecule has 3 amide bonds. The van der Waals surface area contributed by atoms with Gasteiger partial charge in [0, 0.05) is 0 Å². The summed E-state index contributed by atoms with van der Waals surface area (Å²) in [5.41, 5.74) is 6.62. The average Bonchev–Trinajstić information content (AvgIpc) is 2.71. The fourth-order valence-electron chi connectivity index (χ4n) is 2.65. The Morgan fingerprint density at radius 1 is 0.906 bits per heavy atom. The van der Waals surface area contributed by atoms with Crippen LogP contribution < -0.4 is 21.7 Å². The van der Waals surface area contributed by atoms with Gasteiger partial charge in [-0.1, -0.05) is 30.3 Å². The third kappa shape index (κ3) is 8.70. The quantitative estimate of drug-likeness (QED) is 0.186. The number of carbonyl (C=O) groups is 5. The summed E-state index contributed by atoms with van der Waals surface area (Å²) < 4.78 is 0. The third-order valence-electron chi connectivity index (χ3n) is 4.44. The Bertz CT molecular complexity index is 830. The molecule has 0 aromatic heterocycles. The molecule has 0 radical (unpaired) electrons. The van der Waals surface area contributed by atoms with Crippen LogP contribution in [0.1, 0.15) is 25.8 Å². The van der Waals surface area contributed by atoms with E-state index in [1.54, 1.807) is 30.3 Å². The average molecular weight is 452 g/mol. The van der Waals surface area contributed by atoms with E-state index < -0.39 is 66.4 Å². The number of amides is 3. The van der Waals surface area contributed by atoms with E-state index in [1.165, 1.54) is 13.8 Å². The molecular weight excluding hydrogens is 424 g/mol. The number of aliphatic hydroxyl groups excluding tert-OH is 1. The van der Waals surface area contributed by atoms with Crippen molar-refractivity contribution in [1.29, 1.82) is 0 Å². The maximum atomic E-state index is 12.6. The summed E-state index contributed by atoms with van der Waals surface area (Å²) >= 11 is 0. The highest BCUT2D eigenvalue weighted by Gasteiger charge is 2.32. The Labute approximate surface area is 184 Å². The maximum Gasteiger partial charge on any atom is 0.325 e. The highest BCUT2D eigenvalue weighted by Crippen LogP contribution is 2.04. The molecule has 0 heterocycles. The minimum atomic E-state index is -1.59.